The van der Waals surface area contributed by atoms with Crippen molar-refractivity contribution in [3.05, 3.63) is 23.5 Å². The average molecular weight is 344 g/mol. The van der Waals surface area contributed by atoms with Crippen LogP contribution >= 0.6 is 0 Å². The van der Waals surface area contributed by atoms with E-state index in [2.05, 4.69) is 15.4 Å². The maximum atomic E-state index is 12.9. The van der Waals surface area contributed by atoms with E-state index in [4.69, 9.17) is 0 Å². The molecule has 0 aromatic carbocycles. The number of aromatic nitrogens is 3. The van der Waals surface area contributed by atoms with E-state index in [1.807, 2.05) is 20.8 Å². The van der Waals surface area contributed by atoms with Crippen LogP contribution in [0.5, 0.6) is 0 Å². The number of pyridine rings is 1. The second kappa shape index (κ2) is 6.46. The molecule has 0 radical (unpaired) electrons. The standard InChI is InChI=1S/C18H24N4O3/c1-11(2)22-15-14(10-19-22)13(9-12(3)20-15)16(23)21-18(17(24)25)7-5-4-6-8-18/h9-11H,4-8H2,1-3H3,(H,21,23)(H,24,25). The molecule has 3 rings (SSSR count). The van der Waals surface area contributed by atoms with Gasteiger partial charge in [0.1, 0.15) is 5.54 Å². The summed E-state index contributed by atoms with van der Waals surface area (Å²) in [4.78, 5) is 29.3. The van der Waals surface area contributed by atoms with Gasteiger partial charge < -0.3 is 10.4 Å². The quantitative estimate of drug-likeness (QED) is 0.889. The van der Waals surface area contributed by atoms with Gasteiger partial charge in [-0.3, -0.25) is 4.79 Å². The fourth-order valence-electron chi connectivity index (χ4n) is 3.54. The summed E-state index contributed by atoms with van der Waals surface area (Å²) in [6.45, 7) is 5.82. The molecule has 1 aliphatic rings. The Bertz CT molecular complexity index is 819. The Morgan fingerprint density at radius 3 is 2.56 bits per heavy atom. The van der Waals surface area contributed by atoms with Crippen LogP contribution in [0.2, 0.25) is 0 Å². The van der Waals surface area contributed by atoms with Gasteiger partial charge in [0.05, 0.1) is 17.1 Å². The van der Waals surface area contributed by atoms with Gasteiger partial charge in [-0.05, 0) is 39.7 Å². The van der Waals surface area contributed by atoms with Crippen molar-refractivity contribution in [1.82, 2.24) is 20.1 Å². The average Bonchev–Trinajstić information content (AvgIpc) is 2.98. The zero-order valence-corrected chi connectivity index (χ0v) is 14.9. The lowest BCUT2D eigenvalue weighted by molar-refractivity contribution is -0.145. The Balaban J connectivity index is 2.01. The molecular formula is C18H24N4O3. The molecule has 2 N–H and O–H groups in total. The monoisotopic (exact) mass is 344 g/mol. The summed E-state index contributed by atoms with van der Waals surface area (Å²) in [7, 11) is 0. The second-order valence-electron chi connectivity index (χ2n) is 7.13. The molecule has 1 amide bonds. The molecule has 134 valence electrons. The first-order valence-corrected chi connectivity index (χ1v) is 8.75. The number of hydrogen-bond donors (Lipinski definition) is 2. The van der Waals surface area contributed by atoms with E-state index in [1.54, 1.807) is 16.9 Å². The van der Waals surface area contributed by atoms with E-state index >= 15 is 0 Å². The van der Waals surface area contributed by atoms with Crippen molar-refractivity contribution < 1.29 is 14.7 Å². The van der Waals surface area contributed by atoms with Gasteiger partial charge in [-0.1, -0.05) is 19.3 Å². The third kappa shape index (κ3) is 3.10. The van der Waals surface area contributed by atoms with E-state index < -0.39 is 11.5 Å². The van der Waals surface area contributed by atoms with Crippen molar-refractivity contribution in [3.8, 4) is 0 Å². The van der Waals surface area contributed by atoms with Crippen LogP contribution in [0.1, 0.15) is 68.0 Å². The Morgan fingerprint density at radius 1 is 1.28 bits per heavy atom. The van der Waals surface area contributed by atoms with Crippen LogP contribution in [0, 0.1) is 6.92 Å². The number of carboxylic acid groups (broad SMARTS) is 1. The third-order valence-electron chi connectivity index (χ3n) is 4.90. The number of carboxylic acids is 1. The third-order valence-corrected chi connectivity index (χ3v) is 4.90. The predicted octanol–water partition coefficient (Wildman–Crippen LogP) is 2.84. The summed E-state index contributed by atoms with van der Waals surface area (Å²) < 4.78 is 1.77. The lowest BCUT2D eigenvalue weighted by atomic mass is 9.81. The highest BCUT2D eigenvalue weighted by molar-refractivity contribution is 6.07. The molecule has 0 spiro atoms. The van der Waals surface area contributed by atoms with Crippen LogP contribution in [-0.2, 0) is 4.79 Å². The number of nitrogens with zero attached hydrogens (tertiary/aromatic N) is 3. The first kappa shape index (κ1) is 17.4. The van der Waals surface area contributed by atoms with Gasteiger partial charge in [0.15, 0.2) is 5.65 Å². The molecule has 0 atom stereocenters. The molecule has 0 saturated heterocycles. The normalized spacial score (nSPS) is 17.0. The molecule has 7 heteroatoms. The Morgan fingerprint density at radius 2 is 1.96 bits per heavy atom. The van der Waals surface area contributed by atoms with Crippen LogP contribution in [0.25, 0.3) is 11.0 Å². The maximum Gasteiger partial charge on any atom is 0.329 e. The Hall–Kier alpha value is -2.44. The zero-order chi connectivity index (χ0) is 18.2. The van der Waals surface area contributed by atoms with Crippen molar-refractivity contribution in [1.29, 1.82) is 0 Å². The van der Waals surface area contributed by atoms with Crippen molar-refractivity contribution in [2.45, 2.75) is 64.5 Å². The Kier molecular flexibility index (Phi) is 4.49. The van der Waals surface area contributed by atoms with E-state index in [-0.39, 0.29) is 11.9 Å². The van der Waals surface area contributed by atoms with Crippen molar-refractivity contribution in [2.75, 3.05) is 0 Å². The highest BCUT2D eigenvalue weighted by Crippen LogP contribution is 2.30. The van der Waals surface area contributed by atoms with Gasteiger partial charge in [0.2, 0.25) is 0 Å². The van der Waals surface area contributed by atoms with Gasteiger partial charge in [-0.25, -0.2) is 14.5 Å². The lowest BCUT2D eigenvalue weighted by Gasteiger charge is -2.34. The highest BCUT2D eigenvalue weighted by Gasteiger charge is 2.41. The van der Waals surface area contributed by atoms with Gasteiger partial charge in [0.25, 0.3) is 5.91 Å². The molecule has 25 heavy (non-hydrogen) atoms. The maximum absolute atomic E-state index is 12.9. The molecule has 2 heterocycles. The smallest absolute Gasteiger partial charge is 0.329 e. The van der Waals surface area contributed by atoms with Crippen LogP contribution in [0.3, 0.4) is 0 Å². The predicted molar refractivity (Wildman–Crippen MR) is 93.6 cm³/mol. The Labute approximate surface area is 146 Å². The first-order valence-electron chi connectivity index (χ1n) is 8.75. The fraction of sp³-hybridized carbons (Fsp3) is 0.556. The fourth-order valence-corrected chi connectivity index (χ4v) is 3.54. The summed E-state index contributed by atoms with van der Waals surface area (Å²) in [5, 5.41) is 17.5. The topological polar surface area (TPSA) is 97.1 Å². The number of aliphatic carboxylic acids is 1. The van der Waals surface area contributed by atoms with E-state index in [1.165, 1.54) is 0 Å². The molecule has 7 nitrogen and oxygen atoms in total. The number of fused-ring (bicyclic) bond motifs is 1. The van der Waals surface area contributed by atoms with E-state index in [9.17, 15) is 14.7 Å². The SMILES string of the molecule is Cc1cc(C(=O)NC2(C(=O)O)CCCCC2)c2cnn(C(C)C)c2n1. The summed E-state index contributed by atoms with van der Waals surface area (Å²) in [5.74, 6) is -1.33. The van der Waals surface area contributed by atoms with E-state index in [0.717, 1.165) is 19.3 Å². The van der Waals surface area contributed by atoms with Crippen molar-refractivity contribution in [3.63, 3.8) is 0 Å². The number of rotatable bonds is 4. The lowest BCUT2D eigenvalue weighted by Crippen LogP contribution is -2.55. The van der Waals surface area contributed by atoms with Gasteiger partial charge in [-0.2, -0.15) is 5.10 Å². The molecular weight excluding hydrogens is 320 g/mol. The van der Waals surface area contributed by atoms with E-state index in [0.29, 0.717) is 35.1 Å². The minimum atomic E-state index is -1.17. The molecule has 0 aliphatic heterocycles. The summed E-state index contributed by atoms with van der Waals surface area (Å²) in [6.07, 6.45) is 5.18. The van der Waals surface area contributed by atoms with Gasteiger partial charge >= 0.3 is 5.97 Å². The molecule has 1 aliphatic carbocycles. The van der Waals surface area contributed by atoms with Crippen molar-refractivity contribution >= 4 is 22.9 Å². The molecule has 2 aromatic heterocycles. The molecule has 1 saturated carbocycles. The molecule has 1 fully saturated rings. The molecule has 0 unspecified atom stereocenters. The largest absolute Gasteiger partial charge is 0.480 e. The summed E-state index contributed by atoms with van der Waals surface area (Å²) >= 11 is 0. The van der Waals surface area contributed by atoms with Crippen LogP contribution in [0.15, 0.2) is 12.3 Å². The van der Waals surface area contributed by atoms with Gasteiger partial charge in [-0.15, -0.1) is 0 Å². The molecule has 0 bridgehead atoms. The van der Waals surface area contributed by atoms with Gasteiger partial charge in [0, 0.05) is 11.7 Å². The summed E-state index contributed by atoms with van der Waals surface area (Å²) in [6, 6.07) is 1.81. The number of nitrogens with one attached hydrogen (secondary N) is 1. The number of hydrogen-bond acceptors (Lipinski definition) is 4. The highest BCUT2D eigenvalue weighted by atomic mass is 16.4. The number of carbonyl (C=O) groups is 2. The summed E-state index contributed by atoms with van der Waals surface area (Å²) in [5.41, 5.74) is 0.606. The van der Waals surface area contributed by atoms with Crippen LogP contribution < -0.4 is 5.32 Å². The van der Waals surface area contributed by atoms with Crippen LogP contribution in [-0.4, -0.2) is 37.3 Å². The second-order valence-corrected chi connectivity index (χ2v) is 7.13. The first-order chi connectivity index (χ1) is 11.8. The zero-order valence-electron chi connectivity index (χ0n) is 14.9. The number of amides is 1. The van der Waals surface area contributed by atoms with Crippen LogP contribution in [0.4, 0.5) is 0 Å². The minimum absolute atomic E-state index is 0.117. The number of aryl methyl sites for hydroxylation is 1. The van der Waals surface area contributed by atoms with Crippen molar-refractivity contribution in [2.24, 2.45) is 0 Å². The molecule has 2 aromatic rings. The number of carbonyl (C=O) groups excluding carboxylic acids is 1. The minimum Gasteiger partial charge on any atom is -0.480 e.